The summed E-state index contributed by atoms with van der Waals surface area (Å²) in [5, 5.41) is 8.96. The highest BCUT2D eigenvalue weighted by Gasteiger charge is 2.18. The van der Waals surface area contributed by atoms with E-state index >= 15 is 0 Å². The van der Waals surface area contributed by atoms with Crippen molar-refractivity contribution in [2.45, 2.75) is 6.42 Å². The molecule has 2 N–H and O–H groups in total. The van der Waals surface area contributed by atoms with E-state index in [9.17, 15) is 4.79 Å². The fourth-order valence-electron chi connectivity index (χ4n) is 3.72. The molecule has 0 saturated heterocycles. The number of aromatic nitrogens is 4. The maximum atomic E-state index is 11.9. The lowest BCUT2D eigenvalue weighted by atomic mass is 10.1. The van der Waals surface area contributed by atoms with Gasteiger partial charge in [0.2, 0.25) is 11.9 Å². The Kier molecular flexibility index (Phi) is 6.26. The van der Waals surface area contributed by atoms with E-state index < -0.39 is 0 Å². The lowest BCUT2D eigenvalue weighted by molar-refractivity contribution is 0.0963. The molecule has 4 aromatic rings. The molecule has 9 heteroatoms. The number of thiazole rings is 1. The minimum Gasteiger partial charge on any atom is -0.355 e. The van der Waals surface area contributed by atoms with E-state index in [1.165, 1.54) is 11.9 Å². The van der Waals surface area contributed by atoms with Crippen molar-refractivity contribution in [3.8, 4) is 11.3 Å². The molecule has 34 heavy (non-hydrogen) atoms. The van der Waals surface area contributed by atoms with Crippen LogP contribution in [0.4, 0.5) is 17.6 Å². The molecule has 0 unspecified atom stereocenters. The first-order valence-corrected chi connectivity index (χ1v) is 11.8. The molecule has 0 fully saturated rings. The summed E-state index contributed by atoms with van der Waals surface area (Å²) in [7, 11) is 1.61. The summed E-state index contributed by atoms with van der Waals surface area (Å²) < 4.78 is 0. The van der Waals surface area contributed by atoms with Crippen LogP contribution < -0.4 is 15.5 Å². The lowest BCUT2D eigenvalue weighted by Crippen LogP contribution is -2.30. The van der Waals surface area contributed by atoms with Crippen molar-refractivity contribution >= 4 is 40.4 Å². The van der Waals surface area contributed by atoms with Gasteiger partial charge in [0.15, 0.2) is 0 Å². The standard InChI is InChI=1S/C25H23N7OS/c1-26-22(33)19-8-5-9-20(14-19)29-24-27-16-28-25(31-24)32-12-10-18(11-13-32)23-30-21(15-34-23)17-6-3-2-4-7-17/h2-10,14-16H,11-13H2,1H3,(H,26,33)(H,27,28,29,31). The van der Waals surface area contributed by atoms with E-state index in [1.807, 2.05) is 30.3 Å². The first-order valence-electron chi connectivity index (χ1n) is 10.9. The molecule has 0 bridgehead atoms. The Morgan fingerprint density at radius 3 is 2.74 bits per heavy atom. The van der Waals surface area contributed by atoms with Gasteiger partial charge >= 0.3 is 0 Å². The summed E-state index contributed by atoms with van der Waals surface area (Å²) in [5.74, 6) is 0.896. The number of nitrogens with one attached hydrogen (secondary N) is 2. The average Bonchev–Trinajstić information content (AvgIpc) is 3.40. The lowest BCUT2D eigenvalue weighted by Gasteiger charge is -2.25. The van der Waals surface area contributed by atoms with Crippen molar-refractivity contribution < 1.29 is 4.79 Å². The molecule has 170 valence electrons. The van der Waals surface area contributed by atoms with Gasteiger partial charge < -0.3 is 15.5 Å². The zero-order chi connectivity index (χ0) is 23.3. The second-order valence-electron chi connectivity index (χ2n) is 7.72. The summed E-state index contributed by atoms with van der Waals surface area (Å²) in [5.41, 5.74) is 4.69. The molecular formula is C25H23N7OS. The summed E-state index contributed by atoms with van der Waals surface area (Å²) in [6, 6.07) is 17.4. The number of rotatable bonds is 6. The molecular weight excluding hydrogens is 446 g/mol. The van der Waals surface area contributed by atoms with Crippen LogP contribution in [0.5, 0.6) is 0 Å². The van der Waals surface area contributed by atoms with Gasteiger partial charge in [-0.25, -0.2) is 15.0 Å². The summed E-state index contributed by atoms with van der Waals surface area (Å²) >= 11 is 1.68. The monoisotopic (exact) mass is 469 g/mol. The second-order valence-corrected chi connectivity index (χ2v) is 8.58. The van der Waals surface area contributed by atoms with Gasteiger partial charge in [-0.05, 0) is 30.2 Å². The zero-order valence-electron chi connectivity index (χ0n) is 18.6. The molecule has 3 heterocycles. The van der Waals surface area contributed by atoms with Gasteiger partial charge in [0.1, 0.15) is 11.3 Å². The summed E-state index contributed by atoms with van der Waals surface area (Å²) in [4.78, 5) is 32.0. The Morgan fingerprint density at radius 1 is 1.06 bits per heavy atom. The molecule has 8 nitrogen and oxygen atoms in total. The van der Waals surface area contributed by atoms with Crippen LogP contribution in [0.15, 0.2) is 72.4 Å². The van der Waals surface area contributed by atoms with E-state index in [0.717, 1.165) is 34.9 Å². The third kappa shape index (κ3) is 4.79. The quantitative estimate of drug-likeness (QED) is 0.432. The maximum Gasteiger partial charge on any atom is 0.251 e. The summed E-state index contributed by atoms with van der Waals surface area (Å²) in [6.45, 7) is 1.49. The fourth-order valence-corrected chi connectivity index (χ4v) is 4.62. The first kappa shape index (κ1) is 21.7. The number of benzene rings is 2. The molecule has 0 saturated carbocycles. The SMILES string of the molecule is CNC(=O)c1cccc(Nc2ncnc(N3CC=C(c4nc(-c5ccccc5)cs4)CC3)n2)c1. The van der Waals surface area contributed by atoms with Crippen LogP contribution in [-0.4, -0.2) is 46.0 Å². The van der Waals surface area contributed by atoms with E-state index in [1.54, 1.807) is 30.5 Å². The Labute approximate surface area is 201 Å². The van der Waals surface area contributed by atoms with E-state index in [4.69, 9.17) is 4.98 Å². The van der Waals surface area contributed by atoms with Crippen LogP contribution in [0.3, 0.4) is 0 Å². The van der Waals surface area contributed by atoms with E-state index in [2.05, 4.69) is 54.1 Å². The van der Waals surface area contributed by atoms with Gasteiger partial charge in [0.25, 0.3) is 5.91 Å². The van der Waals surface area contributed by atoms with E-state index in [-0.39, 0.29) is 5.91 Å². The molecule has 0 spiro atoms. The van der Waals surface area contributed by atoms with Crippen LogP contribution >= 0.6 is 11.3 Å². The minimum atomic E-state index is -0.146. The van der Waals surface area contributed by atoms with Gasteiger partial charge in [-0.2, -0.15) is 4.98 Å². The fraction of sp³-hybridized carbons (Fsp3) is 0.160. The number of carbonyl (C=O) groups is 1. The largest absolute Gasteiger partial charge is 0.355 e. The predicted octanol–water partition coefficient (Wildman–Crippen LogP) is 4.39. The molecule has 1 amide bonds. The Balaban J connectivity index is 1.27. The highest BCUT2D eigenvalue weighted by molar-refractivity contribution is 7.11. The van der Waals surface area contributed by atoms with Gasteiger partial charge in [0, 0.05) is 42.3 Å². The number of hydrogen-bond acceptors (Lipinski definition) is 8. The maximum absolute atomic E-state index is 11.9. The topological polar surface area (TPSA) is 95.9 Å². The predicted molar refractivity (Wildman–Crippen MR) is 135 cm³/mol. The molecule has 0 atom stereocenters. The highest BCUT2D eigenvalue weighted by atomic mass is 32.1. The normalized spacial score (nSPS) is 13.3. The Bertz CT molecular complexity index is 1340. The van der Waals surface area contributed by atoms with Crippen molar-refractivity contribution in [3.63, 3.8) is 0 Å². The second kappa shape index (κ2) is 9.80. The van der Waals surface area contributed by atoms with Crippen molar-refractivity contribution in [2.24, 2.45) is 0 Å². The molecule has 0 aliphatic carbocycles. The van der Waals surface area contributed by atoms with Crippen LogP contribution in [-0.2, 0) is 0 Å². The smallest absolute Gasteiger partial charge is 0.251 e. The summed E-state index contributed by atoms with van der Waals surface area (Å²) in [6.07, 6.45) is 4.56. The number of hydrogen-bond donors (Lipinski definition) is 2. The van der Waals surface area contributed by atoms with Crippen LogP contribution in [0, 0.1) is 0 Å². The van der Waals surface area contributed by atoms with Crippen LogP contribution in [0.25, 0.3) is 16.8 Å². The molecule has 2 aromatic carbocycles. The third-order valence-corrected chi connectivity index (χ3v) is 6.43. The van der Waals surface area contributed by atoms with Crippen molar-refractivity contribution in [3.05, 3.63) is 83.0 Å². The number of nitrogens with zero attached hydrogens (tertiary/aromatic N) is 5. The zero-order valence-corrected chi connectivity index (χ0v) is 19.4. The molecule has 1 aliphatic heterocycles. The Hall–Kier alpha value is -4.11. The van der Waals surface area contributed by atoms with Crippen molar-refractivity contribution in [1.29, 1.82) is 0 Å². The van der Waals surface area contributed by atoms with Crippen LogP contribution in [0.2, 0.25) is 0 Å². The molecule has 1 aliphatic rings. The first-order chi connectivity index (χ1) is 16.7. The van der Waals surface area contributed by atoms with E-state index in [0.29, 0.717) is 24.0 Å². The Morgan fingerprint density at radius 2 is 1.94 bits per heavy atom. The van der Waals surface area contributed by atoms with Gasteiger partial charge in [-0.15, -0.1) is 11.3 Å². The average molecular weight is 470 g/mol. The van der Waals surface area contributed by atoms with Crippen molar-refractivity contribution in [1.82, 2.24) is 25.3 Å². The number of amides is 1. The minimum absolute atomic E-state index is 0.146. The number of carbonyl (C=O) groups excluding carboxylic acids is 1. The molecule has 0 radical (unpaired) electrons. The number of anilines is 3. The van der Waals surface area contributed by atoms with Crippen molar-refractivity contribution in [2.75, 3.05) is 30.4 Å². The van der Waals surface area contributed by atoms with Crippen LogP contribution in [0.1, 0.15) is 21.8 Å². The van der Waals surface area contributed by atoms with Gasteiger partial charge in [-0.1, -0.05) is 42.5 Å². The molecule has 2 aromatic heterocycles. The third-order valence-electron chi connectivity index (χ3n) is 5.51. The highest BCUT2D eigenvalue weighted by Crippen LogP contribution is 2.30. The molecule has 5 rings (SSSR count). The van der Waals surface area contributed by atoms with Gasteiger partial charge in [0.05, 0.1) is 5.69 Å². The van der Waals surface area contributed by atoms with Gasteiger partial charge in [-0.3, -0.25) is 4.79 Å².